The molecule has 7 heteroatoms. The molecule has 1 aliphatic carbocycles. The van der Waals surface area contributed by atoms with Gasteiger partial charge in [0.1, 0.15) is 12.5 Å². The van der Waals surface area contributed by atoms with E-state index in [1.165, 1.54) is 0 Å². The lowest BCUT2D eigenvalue weighted by atomic mass is 9.71. The van der Waals surface area contributed by atoms with Crippen LogP contribution in [0.1, 0.15) is 51.0 Å². The second kappa shape index (κ2) is 9.00. The van der Waals surface area contributed by atoms with Gasteiger partial charge in [-0.3, -0.25) is 14.6 Å². The predicted octanol–water partition coefficient (Wildman–Crippen LogP) is 3.57. The molecular formula is C23H27NO6. The maximum absolute atomic E-state index is 13.1. The van der Waals surface area contributed by atoms with Crippen LogP contribution in [-0.4, -0.2) is 44.1 Å². The first-order valence-corrected chi connectivity index (χ1v) is 10.6. The highest BCUT2D eigenvalue weighted by atomic mass is 16.7. The Morgan fingerprint density at radius 1 is 1.17 bits per heavy atom. The molecule has 1 aromatic rings. The van der Waals surface area contributed by atoms with E-state index in [9.17, 15) is 9.59 Å². The van der Waals surface area contributed by atoms with Crippen LogP contribution >= 0.6 is 0 Å². The van der Waals surface area contributed by atoms with Crippen molar-refractivity contribution in [2.75, 3.05) is 26.6 Å². The number of carbonyl (C=O) groups excluding carboxylic acids is 2. The Morgan fingerprint density at radius 2 is 2.00 bits per heavy atom. The number of aliphatic imine (C=N–C) groups is 1. The summed E-state index contributed by atoms with van der Waals surface area (Å²) in [5.74, 6) is -0.140. The zero-order valence-corrected chi connectivity index (χ0v) is 17.4. The molecule has 2 atom stereocenters. The van der Waals surface area contributed by atoms with Gasteiger partial charge in [-0.15, -0.1) is 0 Å². The number of esters is 1. The van der Waals surface area contributed by atoms with E-state index in [-0.39, 0.29) is 25.2 Å². The van der Waals surface area contributed by atoms with Crippen molar-refractivity contribution in [2.45, 2.75) is 45.4 Å². The van der Waals surface area contributed by atoms with Crippen LogP contribution in [0, 0.1) is 5.92 Å². The quantitative estimate of drug-likeness (QED) is 0.502. The standard InChI is InChI=1S/C23H27NO6/c1-3-9-27-10-11-28-23(26)20-14(2)24-16-5-4-6-17(25)22(16)21(20)15-7-8-18-19(12-15)30-13-29-18/h7-8,12,20-21H,3-6,9-11,13H2,1-2H3/t20?,21-/m0/s1. The minimum absolute atomic E-state index is 0.0549. The topological polar surface area (TPSA) is 83.4 Å². The van der Waals surface area contributed by atoms with Gasteiger partial charge < -0.3 is 18.9 Å². The van der Waals surface area contributed by atoms with Crippen molar-refractivity contribution >= 4 is 17.5 Å². The first-order valence-electron chi connectivity index (χ1n) is 10.6. The van der Waals surface area contributed by atoms with Crippen LogP contribution in [-0.2, 0) is 19.1 Å². The third-order valence-electron chi connectivity index (χ3n) is 5.66. The maximum Gasteiger partial charge on any atom is 0.315 e. The molecule has 0 aromatic heterocycles. The highest BCUT2D eigenvalue weighted by Crippen LogP contribution is 2.45. The molecule has 2 heterocycles. The Balaban J connectivity index is 1.65. The van der Waals surface area contributed by atoms with E-state index in [0.29, 0.717) is 42.4 Å². The molecule has 160 valence electrons. The van der Waals surface area contributed by atoms with Gasteiger partial charge in [-0.2, -0.15) is 0 Å². The molecule has 0 saturated carbocycles. The lowest BCUT2D eigenvalue weighted by Crippen LogP contribution is -2.37. The molecule has 0 fully saturated rings. The Labute approximate surface area is 176 Å². The fraction of sp³-hybridized carbons (Fsp3) is 0.522. The SMILES string of the molecule is CCCOCCOC(=O)C1C(C)=NC2=C(C(=O)CCC2)[C@H]1c1ccc2c(c1)OCO2. The summed E-state index contributed by atoms with van der Waals surface area (Å²) in [5, 5.41) is 0. The van der Waals surface area contributed by atoms with Crippen molar-refractivity contribution in [1.29, 1.82) is 0 Å². The lowest BCUT2D eigenvalue weighted by molar-refractivity contribution is -0.148. The summed E-state index contributed by atoms with van der Waals surface area (Å²) in [7, 11) is 0. The fourth-order valence-corrected chi connectivity index (χ4v) is 4.32. The average molecular weight is 413 g/mol. The van der Waals surface area contributed by atoms with Crippen LogP contribution in [0.15, 0.2) is 34.5 Å². The molecule has 1 unspecified atom stereocenters. The third kappa shape index (κ3) is 3.99. The molecule has 0 bridgehead atoms. The number of hydrogen-bond donors (Lipinski definition) is 0. The Bertz CT molecular complexity index is 903. The zero-order valence-electron chi connectivity index (χ0n) is 17.4. The fourth-order valence-electron chi connectivity index (χ4n) is 4.32. The van der Waals surface area contributed by atoms with E-state index in [0.717, 1.165) is 30.5 Å². The molecule has 1 aromatic carbocycles. The molecule has 0 radical (unpaired) electrons. The number of allylic oxidation sites excluding steroid dienone is 2. The van der Waals surface area contributed by atoms with E-state index >= 15 is 0 Å². The number of ether oxygens (including phenoxy) is 4. The summed E-state index contributed by atoms with van der Waals surface area (Å²) < 4.78 is 21.9. The summed E-state index contributed by atoms with van der Waals surface area (Å²) >= 11 is 0. The van der Waals surface area contributed by atoms with Gasteiger partial charge >= 0.3 is 5.97 Å². The molecular weight excluding hydrogens is 386 g/mol. The Kier molecular flexibility index (Phi) is 6.18. The Hall–Kier alpha value is -2.67. The van der Waals surface area contributed by atoms with Crippen LogP contribution in [0.4, 0.5) is 0 Å². The van der Waals surface area contributed by atoms with Crippen LogP contribution in [0.2, 0.25) is 0 Å². The van der Waals surface area contributed by atoms with Gasteiger partial charge in [0.25, 0.3) is 0 Å². The molecule has 3 aliphatic rings. The Morgan fingerprint density at radius 3 is 2.83 bits per heavy atom. The van der Waals surface area contributed by atoms with Crippen molar-refractivity contribution in [2.24, 2.45) is 10.9 Å². The molecule has 0 amide bonds. The number of Topliss-reactive ketones (excluding diaryl/α,β-unsaturated/α-hetero) is 1. The van der Waals surface area contributed by atoms with Gasteiger partial charge in [0.05, 0.1) is 6.61 Å². The normalized spacial score (nSPS) is 22.6. The van der Waals surface area contributed by atoms with Gasteiger partial charge in [0, 0.05) is 35.9 Å². The van der Waals surface area contributed by atoms with Crippen molar-refractivity contribution in [1.82, 2.24) is 0 Å². The number of fused-ring (bicyclic) bond motifs is 1. The smallest absolute Gasteiger partial charge is 0.315 e. The molecule has 7 nitrogen and oxygen atoms in total. The second-order valence-corrected chi connectivity index (χ2v) is 7.74. The first kappa shape index (κ1) is 20.6. The summed E-state index contributed by atoms with van der Waals surface area (Å²) in [6.07, 6.45) is 2.91. The van der Waals surface area contributed by atoms with Crippen LogP contribution in [0.3, 0.4) is 0 Å². The van der Waals surface area contributed by atoms with E-state index in [4.69, 9.17) is 18.9 Å². The van der Waals surface area contributed by atoms with Crippen molar-refractivity contribution in [3.05, 3.63) is 35.0 Å². The molecule has 0 spiro atoms. The van der Waals surface area contributed by atoms with Gasteiger partial charge in [-0.05, 0) is 43.9 Å². The second-order valence-electron chi connectivity index (χ2n) is 7.74. The summed E-state index contributed by atoms with van der Waals surface area (Å²) in [5.41, 5.74) is 2.93. The van der Waals surface area contributed by atoms with Gasteiger partial charge in [-0.1, -0.05) is 13.0 Å². The largest absolute Gasteiger partial charge is 0.463 e. The van der Waals surface area contributed by atoms with Gasteiger partial charge in [-0.25, -0.2) is 0 Å². The first-order chi connectivity index (χ1) is 14.6. The minimum Gasteiger partial charge on any atom is -0.463 e. The highest BCUT2D eigenvalue weighted by Gasteiger charge is 2.43. The molecule has 0 N–H and O–H groups in total. The predicted molar refractivity (Wildman–Crippen MR) is 110 cm³/mol. The van der Waals surface area contributed by atoms with Crippen molar-refractivity contribution in [3.8, 4) is 11.5 Å². The number of benzene rings is 1. The maximum atomic E-state index is 13.1. The monoisotopic (exact) mass is 413 g/mol. The molecule has 4 rings (SSSR count). The third-order valence-corrected chi connectivity index (χ3v) is 5.66. The summed E-state index contributed by atoms with van der Waals surface area (Å²) in [4.78, 5) is 30.6. The average Bonchev–Trinajstić information content (AvgIpc) is 3.20. The summed E-state index contributed by atoms with van der Waals surface area (Å²) in [6.45, 7) is 5.19. The van der Waals surface area contributed by atoms with Crippen molar-refractivity contribution < 1.29 is 28.5 Å². The van der Waals surface area contributed by atoms with E-state index in [1.807, 2.05) is 32.0 Å². The zero-order chi connectivity index (χ0) is 21.1. The van der Waals surface area contributed by atoms with Crippen LogP contribution in [0.5, 0.6) is 11.5 Å². The number of nitrogens with zero attached hydrogens (tertiary/aromatic N) is 1. The highest BCUT2D eigenvalue weighted by molar-refractivity contribution is 6.08. The van der Waals surface area contributed by atoms with Crippen LogP contribution < -0.4 is 9.47 Å². The van der Waals surface area contributed by atoms with Crippen LogP contribution in [0.25, 0.3) is 0 Å². The van der Waals surface area contributed by atoms with E-state index < -0.39 is 11.8 Å². The molecule has 0 saturated heterocycles. The van der Waals surface area contributed by atoms with E-state index in [1.54, 1.807) is 0 Å². The van der Waals surface area contributed by atoms with E-state index in [2.05, 4.69) is 4.99 Å². The van der Waals surface area contributed by atoms with Crippen molar-refractivity contribution in [3.63, 3.8) is 0 Å². The summed E-state index contributed by atoms with van der Waals surface area (Å²) in [6, 6.07) is 5.59. The molecule has 2 aliphatic heterocycles. The minimum atomic E-state index is -0.655. The molecule has 30 heavy (non-hydrogen) atoms. The van der Waals surface area contributed by atoms with Gasteiger partial charge in [0.15, 0.2) is 17.3 Å². The number of carbonyl (C=O) groups is 2. The number of hydrogen-bond acceptors (Lipinski definition) is 7. The number of rotatable bonds is 7. The lowest BCUT2D eigenvalue weighted by Gasteiger charge is -2.34. The van der Waals surface area contributed by atoms with Gasteiger partial charge in [0.2, 0.25) is 6.79 Å². The number of ketones is 1.